The van der Waals surface area contributed by atoms with Crippen LogP contribution < -0.4 is 10.1 Å². The zero-order chi connectivity index (χ0) is 13.5. The van der Waals surface area contributed by atoms with E-state index < -0.39 is 0 Å². The molecule has 0 aromatic carbocycles. The number of aryl methyl sites for hydroxylation is 1. The zero-order valence-corrected chi connectivity index (χ0v) is 11.2. The Balaban J connectivity index is 1.81. The largest absolute Gasteiger partial charge is 0.464 e. The van der Waals surface area contributed by atoms with Crippen LogP contribution in [0.4, 0.5) is 5.95 Å². The van der Waals surface area contributed by atoms with Crippen LogP contribution >= 0.6 is 11.6 Å². The van der Waals surface area contributed by atoms with Crippen molar-refractivity contribution >= 4 is 17.5 Å². The molecule has 0 amide bonds. The fourth-order valence-corrected chi connectivity index (χ4v) is 1.55. The van der Waals surface area contributed by atoms with Gasteiger partial charge in [0.1, 0.15) is 0 Å². The summed E-state index contributed by atoms with van der Waals surface area (Å²) in [7, 11) is 0. The van der Waals surface area contributed by atoms with E-state index in [1.807, 2.05) is 13.1 Å². The van der Waals surface area contributed by atoms with Crippen molar-refractivity contribution in [1.29, 1.82) is 0 Å². The van der Waals surface area contributed by atoms with Gasteiger partial charge in [-0.05, 0) is 24.9 Å². The summed E-state index contributed by atoms with van der Waals surface area (Å²) in [6.45, 7) is 3.78. The minimum atomic E-state index is 0.109. The molecule has 102 valence electrons. The molecule has 2 rings (SSSR count). The minimum absolute atomic E-state index is 0.109. The number of halogens is 1. The van der Waals surface area contributed by atoms with Crippen LogP contribution in [0.25, 0.3) is 0 Å². The van der Waals surface area contributed by atoms with E-state index in [4.69, 9.17) is 16.3 Å². The zero-order valence-electron chi connectivity index (χ0n) is 10.5. The Labute approximate surface area is 115 Å². The second kappa shape index (κ2) is 6.83. The van der Waals surface area contributed by atoms with Crippen molar-refractivity contribution in [1.82, 2.24) is 29.9 Å². The predicted molar refractivity (Wildman–Crippen MR) is 69.1 cm³/mol. The molecule has 19 heavy (non-hydrogen) atoms. The molecule has 0 spiro atoms. The molecule has 0 radical (unpaired) electrons. The van der Waals surface area contributed by atoms with Crippen LogP contribution in [0, 0.1) is 0 Å². The Morgan fingerprint density at radius 2 is 2.26 bits per heavy atom. The molecule has 9 heteroatoms. The molecule has 0 aliphatic rings. The summed E-state index contributed by atoms with van der Waals surface area (Å²) < 4.78 is 6.94. The summed E-state index contributed by atoms with van der Waals surface area (Å²) >= 11 is 5.78. The first-order valence-electron chi connectivity index (χ1n) is 5.90. The fourth-order valence-electron chi connectivity index (χ4n) is 1.40. The molecule has 2 aromatic rings. The highest BCUT2D eigenvalue weighted by molar-refractivity contribution is 6.28. The average Bonchev–Trinajstić information content (AvgIpc) is 2.87. The van der Waals surface area contributed by atoms with Gasteiger partial charge in [-0.15, -0.1) is 5.10 Å². The van der Waals surface area contributed by atoms with Crippen molar-refractivity contribution in [3.05, 3.63) is 17.7 Å². The van der Waals surface area contributed by atoms with Crippen molar-refractivity contribution in [3.63, 3.8) is 0 Å². The highest BCUT2D eigenvalue weighted by Crippen LogP contribution is 2.11. The normalized spacial score (nSPS) is 10.4. The number of nitrogens with zero attached hydrogens (tertiary/aromatic N) is 6. The first-order valence-corrected chi connectivity index (χ1v) is 6.28. The van der Waals surface area contributed by atoms with Crippen molar-refractivity contribution in [2.45, 2.75) is 19.9 Å². The summed E-state index contributed by atoms with van der Waals surface area (Å²) in [5.41, 5.74) is 0. The molecule has 0 saturated carbocycles. The molecule has 0 saturated heterocycles. The number of hydrogen-bond acceptors (Lipinski definition) is 7. The maximum absolute atomic E-state index is 5.78. The molecule has 2 aromatic heterocycles. The maximum Gasteiger partial charge on any atom is 0.322 e. The van der Waals surface area contributed by atoms with E-state index in [2.05, 4.69) is 30.6 Å². The van der Waals surface area contributed by atoms with Crippen LogP contribution in [0.1, 0.15) is 13.3 Å². The predicted octanol–water partition coefficient (Wildman–Crippen LogP) is 1.02. The van der Waals surface area contributed by atoms with Crippen molar-refractivity contribution < 1.29 is 4.74 Å². The van der Waals surface area contributed by atoms with Gasteiger partial charge in [-0.1, -0.05) is 5.21 Å². The summed E-state index contributed by atoms with van der Waals surface area (Å²) in [6.07, 6.45) is 4.32. The molecule has 2 heterocycles. The molecule has 1 N–H and O–H groups in total. The third-order valence-corrected chi connectivity index (χ3v) is 2.35. The molecule has 0 aliphatic carbocycles. The minimum Gasteiger partial charge on any atom is -0.464 e. The number of nitrogens with one attached hydrogen (secondary N) is 1. The van der Waals surface area contributed by atoms with Gasteiger partial charge in [0.2, 0.25) is 11.2 Å². The van der Waals surface area contributed by atoms with Gasteiger partial charge in [0.05, 0.1) is 12.8 Å². The van der Waals surface area contributed by atoms with E-state index >= 15 is 0 Å². The monoisotopic (exact) mass is 283 g/mol. The Hall–Kier alpha value is -1.96. The number of anilines is 1. The molecule has 0 aliphatic heterocycles. The van der Waals surface area contributed by atoms with Gasteiger partial charge in [0.15, 0.2) is 0 Å². The molecule has 0 unspecified atom stereocenters. The van der Waals surface area contributed by atoms with Crippen LogP contribution in [-0.2, 0) is 6.54 Å². The van der Waals surface area contributed by atoms with E-state index in [-0.39, 0.29) is 11.3 Å². The van der Waals surface area contributed by atoms with Crippen LogP contribution in [0.3, 0.4) is 0 Å². The lowest BCUT2D eigenvalue weighted by Gasteiger charge is -2.06. The summed E-state index contributed by atoms with van der Waals surface area (Å²) in [5, 5.41) is 10.8. The standard InChI is InChI=1S/C10H14ClN7O/c1-2-19-10-15-8(11)14-9(16-10)12-4-3-6-18-7-5-13-17-18/h5,7H,2-4,6H2,1H3,(H,12,14,15,16). The van der Waals surface area contributed by atoms with E-state index in [0.29, 0.717) is 19.1 Å². The first-order chi connectivity index (χ1) is 9.28. The van der Waals surface area contributed by atoms with Crippen LogP contribution in [0.5, 0.6) is 6.01 Å². The number of ether oxygens (including phenoxy) is 1. The van der Waals surface area contributed by atoms with Gasteiger partial charge in [-0.3, -0.25) is 4.68 Å². The lowest BCUT2D eigenvalue weighted by molar-refractivity contribution is 0.312. The fraction of sp³-hybridized carbons (Fsp3) is 0.500. The van der Waals surface area contributed by atoms with Gasteiger partial charge in [0.25, 0.3) is 0 Å². The second-order valence-electron chi connectivity index (χ2n) is 3.59. The van der Waals surface area contributed by atoms with Gasteiger partial charge < -0.3 is 10.1 Å². The Kier molecular flexibility index (Phi) is 4.85. The lowest BCUT2D eigenvalue weighted by Crippen LogP contribution is -2.10. The number of hydrogen-bond donors (Lipinski definition) is 1. The van der Waals surface area contributed by atoms with E-state index in [1.165, 1.54) is 0 Å². The van der Waals surface area contributed by atoms with Crippen LogP contribution in [-0.4, -0.2) is 43.1 Å². The van der Waals surface area contributed by atoms with Crippen molar-refractivity contribution in [2.75, 3.05) is 18.5 Å². The average molecular weight is 284 g/mol. The highest BCUT2D eigenvalue weighted by atomic mass is 35.5. The third-order valence-electron chi connectivity index (χ3n) is 2.18. The maximum atomic E-state index is 5.78. The Morgan fingerprint density at radius 1 is 1.37 bits per heavy atom. The quantitative estimate of drug-likeness (QED) is 0.759. The smallest absolute Gasteiger partial charge is 0.322 e. The van der Waals surface area contributed by atoms with E-state index in [0.717, 1.165) is 13.0 Å². The van der Waals surface area contributed by atoms with Gasteiger partial charge in [-0.2, -0.15) is 15.0 Å². The second-order valence-corrected chi connectivity index (χ2v) is 3.93. The number of aromatic nitrogens is 6. The van der Waals surface area contributed by atoms with Crippen molar-refractivity contribution in [2.24, 2.45) is 0 Å². The third kappa shape index (κ3) is 4.32. The van der Waals surface area contributed by atoms with Gasteiger partial charge in [0, 0.05) is 19.3 Å². The summed E-state index contributed by atoms with van der Waals surface area (Å²) in [6, 6.07) is 0.223. The molecule has 0 atom stereocenters. The SMILES string of the molecule is CCOc1nc(Cl)nc(NCCCn2ccnn2)n1. The van der Waals surface area contributed by atoms with Crippen LogP contribution in [0.15, 0.2) is 12.4 Å². The topological polar surface area (TPSA) is 90.6 Å². The molecule has 0 bridgehead atoms. The molecule has 0 fully saturated rings. The summed E-state index contributed by atoms with van der Waals surface area (Å²) in [4.78, 5) is 11.9. The van der Waals surface area contributed by atoms with Crippen LogP contribution in [0.2, 0.25) is 5.28 Å². The van der Waals surface area contributed by atoms with E-state index in [9.17, 15) is 0 Å². The Morgan fingerprint density at radius 3 is 3.00 bits per heavy atom. The summed E-state index contributed by atoms with van der Waals surface area (Å²) in [5.74, 6) is 0.405. The number of rotatable bonds is 7. The Bertz CT molecular complexity index is 505. The van der Waals surface area contributed by atoms with E-state index in [1.54, 1.807) is 10.9 Å². The highest BCUT2D eigenvalue weighted by Gasteiger charge is 2.04. The molecular weight excluding hydrogens is 270 g/mol. The van der Waals surface area contributed by atoms with Crippen molar-refractivity contribution in [3.8, 4) is 6.01 Å². The van der Waals surface area contributed by atoms with Gasteiger partial charge >= 0.3 is 6.01 Å². The lowest BCUT2D eigenvalue weighted by atomic mass is 10.4. The first kappa shape index (κ1) is 13.5. The molecule has 8 nitrogen and oxygen atoms in total. The van der Waals surface area contributed by atoms with Gasteiger partial charge in [-0.25, -0.2) is 0 Å². The molecular formula is C10H14ClN7O.